The number of hydrogen-bond donors (Lipinski definition) is 1. The van der Waals surface area contributed by atoms with E-state index in [4.69, 9.17) is 4.98 Å². The highest BCUT2D eigenvalue weighted by Crippen LogP contribution is 2.43. The first-order valence-electron chi connectivity index (χ1n) is 7.86. The summed E-state index contributed by atoms with van der Waals surface area (Å²) in [6.45, 7) is 2.24. The summed E-state index contributed by atoms with van der Waals surface area (Å²) in [4.78, 5) is 4.86. The van der Waals surface area contributed by atoms with Gasteiger partial charge < -0.3 is 5.11 Å². The Balaban J connectivity index is 1.87. The van der Waals surface area contributed by atoms with Crippen LogP contribution in [0.5, 0.6) is 0 Å². The van der Waals surface area contributed by atoms with E-state index in [9.17, 15) is 5.11 Å². The molecule has 1 fully saturated rings. The lowest BCUT2D eigenvalue weighted by molar-refractivity contribution is 0.280. The average Bonchev–Trinajstić information content (AvgIpc) is 3.38. The smallest absolute Gasteiger partial charge is 0.0738 e. The molecular weight excluding hydrogens is 270 g/mol. The van der Waals surface area contributed by atoms with Gasteiger partial charge in [-0.3, -0.25) is 0 Å². The van der Waals surface area contributed by atoms with Gasteiger partial charge in [-0.1, -0.05) is 30.3 Å². The second-order valence-corrected chi connectivity index (χ2v) is 6.19. The summed E-state index contributed by atoms with van der Waals surface area (Å²) in [6.07, 6.45) is 2.47. The van der Waals surface area contributed by atoms with Crippen LogP contribution in [0.3, 0.4) is 0 Å². The Bertz CT molecular complexity index is 849. The number of nitrogens with zero attached hydrogens (tertiary/aromatic N) is 1. The molecule has 4 rings (SSSR count). The molecule has 1 saturated carbocycles. The van der Waals surface area contributed by atoms with Crippen LogP contribution in [0.15, 0.2) is 48.5 Å². The largest absolute Gasteiger partial charge is 0.392 e. The highest BCUT2D eigenvalue weighted by molar-refractivity contribution is 5.83. The van der Waals surface area contributed by atoms with E-state index in [1.165, 1.54) is 29.4 Å². The molecule has 110 valence electrons. The zero-order chi connectivity index (χ0) is 15.1. The van der Waals surface area contributed by atoms with E-state index in [1.54, 1.807) is 0 Å². The number of para-hydroxylation sites is 1. The van der Waals surface area contributed by atoms with Gasteiger partial charge in [-0.05, 0) is 60.6 Å². The molecule has 1 heterocycles. The predicted molar refractivity (Wildman–Crippen MR) is 89.8 cm³/mol. The number of hydrogen-bond acceptors (Lipinski definition) is 2. The van der Waals surface area contributed by atoms with Crippen LogP contribution in [0.1, 0.15) is 35.4 Å². The molecule has 2 nitrogen and oxygen atoms in total. The fourth-order valence-electron chi connectivity index (χ4n) is 3.17. The van der Waals surface area contributed by atoms with E-state index in [0.717, 1.165) is 22.3 Å². The second kappa shape index (κ2) is 5.22. The van der Waals surface area contributed by atoms with Crippen LogP contribution in [-0.4, -0.2) is 10.1 Å². The topological polar surface area (TPSA) is 33.1 Å². The van der Waals surface area contributed by atoms with Crippen molar-refractivity contribution in [3.63, 3.8) is 0 Å². The van der Waals surface area contributed by atoms with Crippen molar-refractivity contribution >= 4 is 10.9 Å². The quantitative estimate of drug-likeness (QED) is 0.765. The first-order valence-corrected chi connectivity index (χ1v) is 7.86. The number of aliphatic hydroxyl groups excluding tert-OH is 1. The zero-order valence-electron chi connectivity index (χ0n) is 12.7. The van der Waals surface area contributed by atoms with Crippen LogP contribution in [0, 0.1) is 6.92 Å². The van der Waals surface area contributed by atoms with Gasteiger partial charge in [-0.15, -0.1) is 0 Å². The molecule has 0 aliphatic heterocycles. The number of aromatic nitrogens is 1. The van der Waals surface area contributed by atoms with Crippen molar-refractivity contribution in [1.82, 2.24) is 4.98 Å². The maximum Gasteiger partial charge on any atom is 0.0738 e. The molecular formula is C20H19NO. The average molecular weight is 289 g/mol. The molecule has 1 aromatic heterocycles. The van der Waals surface area contributed by atoms with Crippen LogP contribution in [-0.2, 0) is 6.61 Å². The Morgan fingerprint density at radius 1 is 1.09 bits per heavy atom. The van der Waals surface area contributed by atoms with Gasteiger partial charge in [-0.2, -0.15) is 0 Å². The van der Waals surface area contributed by atoms with Gasteiger partial charge in [0.15, 0.2) is 0 Å². The highest BCUT2D eigenvalue weighted by atomic mass is 16.3. The maximum atomic E-state index is 9.54. The third kappa shape index (κ3) is 2.30. The highest BCUT2D eigenvalue weighted by Gasteiger charge is 2.26. The van der Waals surface area contributed by atoms with Crippen LogP contribution < -0.4 is 0 Å². The molecule has 22 heavy (non-hydrogen) atoms. The van der Waals surface area contributed by atoms with Gasteiger partial charge in [0.1, 0.15) is 0 Å². The molecule has 0 unspecified atom stereocenters. The lowest BCUT2D eigenvalue weighted by Crippen LogP contribution is -1.95. The number of rotatable bonds is 3. The molecule has 2 heteroatoms. The van der Waals surface area contributed by atoms with Crippen LogP contribution in [0.4, 0.5) is 0 Å². The van der Waals surface area contributed by atoms with E-state index in [2.05, 4.69) is 43.3 Å². The molecule has 0 bridgehead atoms. The number of pyridine rings is 1. The van der Waals surface area contributed by atoms with E-state index >= 15 is 0 Å². The first kappa shape index (κ1) is 13.5. The summed E-state index contributed by atoms with van der Waals surface area (Å²) >= 11 is 0. The Labute approximate surface area is 130 Å². The minimum atomic E-state index is 0.121. The normalized spacial score (nSPS) is 14.5. The molecule has 1 N–H and O–H groups in total. The summed E-state index contributed by atoms with van der Waals surface area (Å²) in [5.74, 6) is 0.628. The molecule has 1 aliphatic rings. The molecule has 0 atom stereocenters. The SMILES string of the molecule is Cc1cc2ccccc2nc1-c1ccc(CO)c(C2CC2)c1. The predicted octanol–water partition coefficient (Wildman–Crippen LogP) is 4.58. The van der Waals surface area contributed by atoms with Crippen LogP contribution in [0.2, 0.25) is 0 Å². The first-order chi connectivity index (χ1) is 10.8. The monoisotopic (exact) mass is 289 g/mol. The Morgan fingerprint density at radius 2 is 1.91 bits per heavy atom. The van der Waals surface area contributed by atoms with Crippen molar-refractivity contribution < 1.29 is 5.11 Å². The van der Waals surface area contributed by atoms with Crippen molar-refractivity contribution in [2.24, 2.45) is 0 Å². The molecule has 3 aromatic rings. The van der Waals surface area contributed by atoms with Gasteiger partial charge in [0, 0.05) is 10.9 Å². The van der Waals surface area contributed by atoms with Crippen molar-refractivity contribution in [1.29, 1.82) is 0 Å². The van der Waals surface area contributed by atoms with Crippen molar-refractivity contribution in [2.45, 2.75) is 32.3 Å². The molecule has 0 saturated heterocycles. The Morgan fingerprint density at radius 3 is 2.68 bits per heavy atom. The fourth-order valence-corrected chi connectivity index (χ4v) is 3.17. The molecule has 0 spiro atoms. The van der Waals surface area contributed by atoms with Gasteiger partial charge in [0.25, 0.3) is 0 Å². The van der Waals surface area contributed by atoms with Crippen molar-refractivity contribution in [3.8, 4) is 11.3 Å². The summed E-state index contributed by atoms with van der Waals surface area (Å²) < 4.78 is 0. The summed E-state index contributed by atoms with van der Waals surface area (Å²) in [6, 6.07) is 16.8. The number of benzene rings is 2. The Kier molecular flexibility index (Phi) is 3.20. The molecule has 2 aromatic carbocycles. The second-order valence-electron chi connectivity index (χ2n) is 6.19. The summed E-state index contributed by atoms with van der Waals surface area (Å²) in [5.41, 5.74) is 6.78. The number of fused-ring (bicyclic) bond motifs is 1. The molecule has 0 amide bonds. The number of aryl methyl sites for hydroxylation is 1. The van der Waals surface area contributed by atoms with Crippen molar-refractivity contribution in [2.75, 3.05) is 0 Å². The van der Waals surface area contributed by atoms with Gasteiger partial charge in [0.2, 0.25) is 0 Å². The minimum Gasteiger partial charge on any atom is -0.392 e. The minimum absolute atomic E-state index is 0.121. The van der Waals surface area contributed by atoms with E-state index in [1.807, 2.05) is 12.1 Å². The third-order valence-electron chi connectivity index (χ3n) is 4.52. The van der Waals surface area contributed by atoms with Gasteiger partial charge in [-0.25, -0.2) is 4.98 Å². The maximum absolute atomic E-state index is 9.54. The van der Waals surface area contributed by atoms with Crippen LogP contribution >= 0.6 is 0 Å². The fraction of sp³-hybridized carbons (Fsp3) is 0.250. The lowest BCUT2D eigenvalue weighted by Gasteiger charge is -2.12. The van der Waals surface area contributed by atoms with Gasteiger partial charge >= 0.3 is 0 Å². The summed E-state index contributed by atoms with van der Waals surface area (Å²) in [7, 11) is 0. The zero-order valence-corrected chi connectivity index (χ0v) is 12.7. The molecule has 1 aliphatic carbocycles. The number of aliphatic hydroxyl groups is 1. The van der Waals surface area contributed by atoms with Crippen LogP contribution in [0.25, 0.3) is 22.2 Å². The van der Waals surface area contributed by atoms with E-state index in [-0.39, 0.29) is 6.61 Å². The third-order valence-corrected chi connectivity index (χ3v) is 4.52. The van der Waals surface area contributed by atoms with Crippen molar-refractivity contribution in [3.05, 3.63) is 65.2 Å². The van der Waals surface area contributed by atoms with E-state index < -0.39 is 0 Å². The summed E-state index contributed by atoms with van der Waals surface area (Å²) in [5, 5.41) is 10.7. The Hall–Kier alpha value is -2.19. The molecule has 0 radical (unpaired) electrons. The standard InChI is InChI=1S/C20H19NO/c1-13-10-15-4-2-3-5-19(15)21-20(13)16-8-9-17(12-22)18(11-16)14-6-7-14/h2-5,8-11,14,22H,6-7,12H2,1H3. The van der Waals surface area contributed by atoms with Gasteiger partial charge in [0.05, 0.1) is 17.8 Å². The van der Waals surface area contributed by atoms with E-state index in [0.29, 0.717) is 5.92 Å². The lowest BCUT2D eigenvalue weighted by atomic mass is 9.97.